The fraction of sp³-hybridized carbons (Fsp3) is 0.500. The van der Waals surface area contributed by atoms with Gasteiger partial charge in [-0.3, -0.25) is 0 Å². The van der Waals surface area contributed by atoms with Crippen molar-refractivity contribution in [2.24, 2.45) is 5.92 Å². The van der Waals surface area contributed by atoms with Gasteiger partial charge >= 0.3 is 0 Å². The molecule has 0 saturated heterocycles. The summed E-state index contributed by atoms with van der Waals surface area (Å²) in [5, 5.41) is 12.5. The Bertz CT molecular complexity index is 430. The zero-order chi connectivity index (χ0) is 12.3. The van der Waals surface area contributed by atoms with E-state index in [1.54, 1.807) is 0 Å². The van der Waals surface area contributed by atoms with Gasteiger partial charge < -0.3 is 5.32 Å². The first-order chi connectivity index (χ1) is 8.19. The van der Waals surface area contributed by atoms with E-state index >= 15 is 0 Å². The molecule has 2 rings (SSSR count). The zero-order valence-corrected chi connectivity index (χ0v) is 11.6. The Morgan fingerprint density at radius 1 is 1.35 bits per heavy atom. The molecule has 2 nitrogen and oxygen atoms in total. The maximum atomic E-state index is 8.93. The molecule has 17 heavy (non-hydrogen) atoms. The Labute approximate surface area is 111 Å². The van der Waals surface area contributed by atoms with Gasteiger partial charge in [-0.05, 0) is 43.9 Å². The lowest BCUT2D eigenvalue weighted by molar-refractivity contribution is 0.482. The largest absolute Gasteiger partial charge is 0.382 e. The first-order valence-electron chi connectivity index (χ1n) is 6.16. The van der Waals surface area contributed by atoms with Crippen LogP contribution >= 0.6 is 15.9 Å². The number of halogens is 1. The second-order valence-electron chi connectivity index (χ2n) is 4.82. The number of hydrogen-bond acceptors (Lipinski definition) is 2. The molecule has 90 valence electrons. The summed E-state index contributed by atoms with van der Waals surface area (Å²) in [4.78, 5) is 0. The number of rotatable bonds is 3. The number of nitriles is 1. The number of nitrogens with one attached hydrogen (secondary N) is 1. The van der Waals surface area contributed by atoms with Crippen LogP contribution in [-0.4, -0.2) is 6.04 Å². The normalized spacial score (nSPS) is 17.7. The van der Waals surface area contributed by atoms with Crippen molar-refractivity contribution in [2.45, 2.75) is 38.6 Å². The second kappa shape index (κ2) is 5.55. The highest BCUT2D eigenvalue weighted by molar-refractivity contribution is 9.10. The average Bonchev–Trinajstić information content (AvgIpc) is 2.81. The van der Waals surface area contributed by atoms with Crippen LogP contribution in [-0.2, 0) is 0 Å². The summed E-state index contributed by atoms with van der Waals surface area (Å²) >= 11 is 3.44. The predicted molar refractivity (Wildman–Crippen MR) is 73.9 cm³/mol. The van der Waals surface area contributed by atoms with Crippen molar-refractivity contribution in [3.05, 3.63) is 28.2 Å². The molecule has 1 fully saturated rings. The van der Waals surface area contributed by atoms with E-state index in [9.17, 15) is 0 Å². The van der Waals surface area contributed by atoms with Crippen LogP contribution in [0.5, 0.6) is 0 Å². The van der Waals surface area contributed by atoms with Gasteiger partial charge in [0.2, 0.25) is 0 Å². The molecular weight excluding hydrogens is 276 g/mol. The smallest absolute Gasteiger partial charge is 0.0992 e. The fourth-order valence-corrected chi connectivity index (χ4v) is 3.07. The van der Waals surface area contributed by atoms with Crippen molar-refractivity contribution in [1.29, 1.82) is 5.26 Å². The van der Waals surface area contributed by atoms with Crippen LogP contribution in [0, 0.1) is 17.2 Å². The molecule has 0 spiro atoms. The van der Waals surface area contributed by atoms with Gasteiger partial charge in [0.15, 0.2) is 0 Å². The van der Waals surface area contributed by atoms with Gasteiger partial charge in [-0.25, -0.2) is 0 Å². The lowest BCUT2D eigenvalue weighted by Crippen LogP contribution is -2.23. The fourth-order valence-electron chi connectivity index (χ4n) is 2.58. The van der Waals surface area contributed by atoms with E-state index in [1.807, 2.05) is 18.2 Å². The van der Waals surface area contributed by atoms with Crippen LogP contribution in [0.15, 0.2) is 22.7 Å². The lowest BCUT2D eigenvalue weighted by atomic mass is 9.99. The molecule has 0 amide bonds. The number of nitrogens with zero attached hydrogens (tertiary/aromatic N) is 1. The van der Waals surface area contributed by atoms with Crippen LogP contribution < -0.4 is 5.32 Å². The third-order valence-electron chi connectivity index (χ3n) is 3.53. The summed E-state index contributed by atoms with van der Waals surface area (Å²) < 4.78 is 0.956. The number of benzene rings is 1. The molecule has 1 N–H and O–H groups in total. The van der Waals surface area contributed by atoms with Crippen molar-refractivity contribution >= 4 is 21.6 Å². The Morgan fingerprint density at radius 3 is 2.71 bits per heavy atom. The molecule has 0 heterocycles. The summed E-state index contributed by atoms with van der Waals surface area (Å²) in [6, 6.07) is 8.45. The Hall–Kier alpha value is -1.01. The second-order valence-corrected chi connectivity index (χ2v) is 5.73. The summed E-state index contributed by atoms with van der Waals surface area (Å²) in [5.74, 6) is 0.777. The van der Waals surface area contributed by atoms with Crippen LogP contribution in [0.2, 0.25) is 0 Å². The number of anilines is 1. The van der Waals surface area contributed by atoms with Gasteiger partial charge in [0.25, 0.3) is 0 Å². The van der Waals surface area contributed by atoms with Crippen molar-refractivity contribution < 1.29 is 0 Å². The summed E-state index contributed by atoms with van der Waals surface area (Å²) in [6.07, 6.45) is 5.37. The molecule has 1 aromatic rings. The van der Waals surface area contributed by atoms with E-state index in [4.69, 9.17) is 5.26 Å². The first kappa shape index (κ1) is 12.4. The number of hydrogen-bond donors (Lipinski definition) is 1. The zero-order valence-electron chi connectivity index (χ0n) is 10.0. The van der Waals surface area contributed by atoms with Crippen LogP contribution in [0.3, 0.4) is 0 Å². The van der Waals surface area contributed by atoms with E-state index < -0.39 is 0 Å². The molecule has 0 radical (unpaired) electrons. The summed E-state index contributed by atoms with van der Waals surface area (Å²) in [6.45, 7) is 2.24. The van der Waals surface area contributed by atoms with Gasteiger partial charge in [-0.15, -0.1) is 0 Å². The van der Waals surface area contributed by atoms with E-state index in [0.29, 0.717) is 11.6 Å². The molecule has 3 heteroatoms. The SMILES string of the molecule is CC(Nc1cc(Br)cc(C#N)c1)C1CCCC1. The average molecular weight is 293 g/mol. The monoisotopic (exact) mass is 292 g/mol. The van der Waals surface area contributed by atoms with E-state index in [-0.39, 0.29) is 0 Å². The van der Waals surface area contributed by atoms with Crippen molar-refractivity contribution in [3.63, 3.8) is 0 Å². The third kappa shape index (κ3) is 3.23. The topological polar surface area (TPSA) is 35.8 Å². The Kier molecular flexibility index (Phi) is 4.06. The molecular formula is C14H17BrN2. The highest BCUT2D eigenvalue weighted by atomic mass is 79.9. The first-order valence-corrected chi connectivity index (χ1v) is 6.95. The van der Waals surface area contributed by atoms with E-state index in [0.717, 1.165) is 16.1 Å². The minimum atomic E-state index is 0.485. The van der Waals surface area contributed by atoms with Crippen LogP contribution in [0.4, 0.5) is 5.69 Å². The Balaban J connectivity index is 2.07. The van der Waals surface area contributed by atoms with Gasteiger partial charge in [-0.1, -0.05) is 28.8 Å². The highest BCUT2D eigenvalue weighted by Crippen LogP contribution is 2.30. The minimum absolute atomic E-state index is 0.485. The highest BCUT2D eigenvalue weighted by Gasteiger charge is 2.21. The predicted octanol–water partition coefficient (Wildman–Crippen LogP) is 4.31. The van der Waals surface area contributed by atoms with Crippen LogP contribution in [0.25, 0.3) is 0 Å². The molecule has 0 aliphatic heterocycles. The lowest BCUT2D eigenvalue weighted by Gasteiger charge is -2.21. The van der Waals surface area contributed by atoms with Gasteiger partial charge in [0.1, 0.15) is 0 Å². The van der Waals surface area contributed by atoms with Gasteiger partial charge in [-0.2, -0.15) is 5.26 Å². The molecule has 1 aliphatic carbocycles. The molecule has 1 atom stereocenters. The van der Waals surface area contributed by atoms with Crippen molar-refractivity contribution in [1.82, 2.24) is 0 Å². The molecule has 0 bridgehead atoms. The van der Waals surface area contributed by atoms with Crippen molar-refractivity contribution in [3.8, 4) is 6.07 Å². The maximum absolute atomic E-state index is 8.93. The van der Waals surface area contributed by atoms with E-state index in [2.05, 4.69) is 34.2 Å². The van der Waals surface area contributed by atoms with E-state index in [1.165, 1.54) is 25.7 Å². The van der Waals surface area contributed by atoms with Gasteiger partial charge in [0.05, 0.1) is 11.6 Å². The molecule has 1 unspecified atom stereocenters. The molecule has 0 aromatic heterocycles. The molecule has 1 aromatic carbocycles. The quantitative estimate of drug-likeness (QED) is 0.901. The van der Waals surface area contributed by atoms with Crippen molar-refractivity contribution in [2.75, 3.05) is 5.32 Å². The molecule has 1 aliphatic rings. The standard InChI is InChI=1S/C14H17BrN2/c1-10(12-4-2-3-5-12)17-14-7-11(9-16)6-13(15)8-14/h6-8,10,12,17H,2-5H2,1H3. The third-order valence-corrected chi connectivity index (χ3v) is 3.99. The van der Waals surface area contributed by atoms with Gasteiger partial charge in [0, 0.05) is 16.2 Å². The molecule has 1 saturated carbocycles. The summed E-state index contributed by atoms with van der Waals surface area (Å²) in [5.41, 5.74) is 1.73. The summed E-state index contributed by atoms with van der Waals surface area (Å²) in [7, 11) is 0. The maximum Gasteiger partial charge on any atom is 0.0992 e. The minimum Gasteiger partial charge on any atom is -0.382 e. The van der Waals surface area contributed by atoms with Crippen LogP contribution in [0.1, 0.15) is 38.2 Å². The Morgan fingerprint density at radius 2 is 2.06 bits per heavy atom.